The molecule has 3 heterocycles. The van der Waals surface area contributed by atoms with E-state index in [9.17, 15) is 4.79 Å². The molecule has 3 aromatic heterocycles. The summed E-state index contributed by atoms with van der Waals surface area (Å²) >= 11 is 7.55. The van der Waals surface area contributed by atoms with Gasteiger partial charge in [0.2, 0.25) is 0 Å². The van der Waals surface area contributed by atoms with Crippen molar-refractivity contribution in [1.29, 1.82) is 0 Å². The Hall–Kier alpha value is -2.76. The molecule has 1 amide bonds. The zero-order valence-corrected chi connectivity index (χ0v) is 16.9. The molecule has 0 aliphatic rings. The number of hydrogen-bond acceptors (Lipinski definition) is 4. The highest BCUT2D eigenvalue weighted by atomic mass is 35.5. The van der Waals surface area contributed by atoms with Gasteiger partial charge in [0.05, 0.1) is 27.7 Å². The Morgan fingerprint density at radius 1 is 1.14 bits per heavy atom. The fourth-order valence-electron chi connectivity index (χ4n) is 3.14. The Morgan fingerprint density at radius 3 is 2.71 bits per heavy atom. The Kier molecular flexibility index (Phi) is 5.37. The van der Waals surface area contributed by atoms with Crippen molar-refractivity contribution in [3.63, 3.8) is 0 Å². The van der Waals surface area contributed by atoms with E-state index in [2.05, 4.69) is 4.98 Å². The van der Waals surface area contributed by atoms with E-state index in [-0.39, 0.29) is 5.91 Å². The van der Waals surface area contributed by atoms with Gasteiger partial charge in [0.25, 0.3) is 5.91 Å². The molecule has 1 aromatic carbocycles. The van der Waals surface area contributed by atoms with E-state index < -0.39 is 0 Å². The number of fused-ring (bicyclic) bond motifs is 1. The average Bonchev–Trinajstić information content (AvgIpc) is 3.16. The quantitative estimate of drug-likeness (QED) is 0.428. The average molecular weight is 408 g/mol. The van der Waals surface area contributed by atoms with Crippen molar-refractivity contribution in [2.45, 2.75) is 13.5 Å². The van der Waals surface area contributed by atoms with Crippen LogP contribution in [0.25, 0.3) is 22.2 Å². The lowest BCUT2D eigenvalue weighted by molar-refractivity contribution is 0.0756. The summed E-state index contributed by atoms with van der Waals surface area (Å²) in [5.41, 5.74) is 3.07. The number of amides is 1. The highest BCUT2D eigenvalue weighted by molar-refractivity contribution is 7.16. The number of benzene rings is 1. The summed E-state index contributed by atoms with van der Waals surface area (Å²) in [6.45, 7) is 3.12. The Morgan fingerprint density at radius 2 is 2.00 bits per heavy atom. The van der Waals surface area contributed by atoms with Gasteiger partial charge in [0.1, 0.15) is 0 Å². The zero-order valence-electron chi connectivity index (χ0n) is 15.3. The van der Waals surface area contributed by atoms with Gasteiger partial charge < -0.3 is 4.90 Å². The van der Waals surface area contributed by atoms with E-state index in [4.69, 9.17) is 16.6 Å². The smallest absolute Gasteiger partial charge is 0.254 e. The molecule has 140 valence electrons. The second-order valence-electron chi connectivity index (χ2n) is 6.34. The van der Waals surface area contributed by atoms with Gasteiger partial charge in [-0.25, -0.2) is 4.98 Å². The molecule has 0 atom stereocenters. The van der Waals surface area contributed by atoms with Gasteiger partial charge in [-0.3, -0.25) is 9.78 Å². The van der Waals surface area contributed by atoms with Crippen LogP contribution < -0.4 is 0 Å². The van der Waals surface area contributed by atoms with Gasteiger partial charge >= 0.3 is 0 Å². The Labute approximate surface area is 172 Å². The Bertz CT molecular complexity index is 1130. The van der Waals surface area contributed by atoms with E-state index in [1.807, 2.05) is 66.4 Å². The van der Waals surface area contributed by atoms with Crippen molar-refractivity contribution < 1.29 is 4.79 Å². The highest BCUT2D eigenvalue weighted by Gasteiger charge is 2.20. The number of thiophene rings is 1. The van der Waals surface area contributed by atoms with Crippen LogP contribution >= 0.6 is 22.9 Å². The molecule has 0 aliphatic heterocycles. The van der Waals surface area contributed by atoms with Crippen LogP contribution in [-0.2, 0) is 6.54 Å². The summed E-state index contributed by atoms with van der Waals surface area (Å²) in [6, 6.07) is 17.3. The van der Waals surface area contributed by atoms with Gasteiger partial charge in [-0.15, -0.1) is 11.3 Å². The van der Waals surface area contributed by atoms with Crippen LogP contribution in [0.3, 0.4) is 0 Å². The number of pyridine rings is 2. The SMILES string of the molecule is CCN(Cc1ccc(Cl)s1)C(=O)c1cc(-c2cccnc2)nc2ccccc12. The predicted octanol–water partition coefficient (Wildman–Crippen LogP) is 5.67. The minimum Gasteiger partial charge on any atom is -0.334 e. The molecule has 0 radical (unpaired) electrons. The molecule has 0 bridgehead atoms. The lowest BCUT2D eigenvalue weighted by Gasteiger charge is -2.21. The van der Waals surface area contributed by atoms with Crippen LogP contribution in [0, 0.1) is 0 Å². The lowest BCUT2D eigenvalue weighted by Crippen LogP contribution is -2.30. The van der Waals surface area contributed by atoms with E-state index in [0.717, 1.165) is 31.4 Å². The van der Waals surface area contributed by atoms with Crippen molar-refractivity contribution in [3.8, 4) is 11.3 Å². The van der Waals surface area contributed by atoms with Crippen LogP contribution in [0.15, 0.2) is 67.0 Å². The normalized spacial score (nSPS) is 10.9. The maximum absolute atomic E-state index is 13.4. The first-order chi connectivity index (χ1) is 13.7. The molecule has 6 heteroatoms. The van der Waals surface area contributed by atoms with Crippen molar-refractivity contribution in [1.82, 2.24) is 14.9 Å². The fourth-order valence-corrected chi connectivity index (χ4v) is 4.24. The summed E-state index contributed by atoms with van der Waals surface area (Å²) in [5.74, 6) is -0.0178. The summed E-state index contributed by atoms with van der Waals surface area (Å²) in [5, 5.41) is 0.850. The van der Waals surface area contributed by atoms with Crippen molar-refractivity contribution in [2.24, 2.45) is 0 Å². The van der Waals surface area contributed by atoms with Crippen LogP contribution in [0.5, 0.6) is 0 Å². The van der Waals surface area contributed by atoms with E-state index >= 15 is 0 Å². The molecular weight excluding hydrogens is 390 g/mol. The molecule has 0 aliphatic carbocycles. The second-order valence-corrected chi connectivity index (χ2v) is 8.14. The first-order valence-electron chi connectivity index (χ1n) is 8.99. The second kappa shape index (κ2) is 8.09. The van der Waals surface area contributed by atoms with Gasteiger partial charge in [0, 0.05) is 34.8 Å². The first-order valence-corrected chi connectivity index (χ1v) is 10.2. The molecule has 0 spiro atoms. The number of hydrogen-bond donors (Lipinski definition) is 0. The molecule has 0 fully saturated rings. The van der Waals surface area contributed by atoms with Gasteiger partial charge in [-0.1, -0.05) is 29.8 Å². The van der Waals surface area contributed by atoms with E-state index in [0.29, 0.717) is 18.7 Å². The number of nitrogens with zero attached hydrogens (tertiary/aromatic N) is 3. The molecule has 28 heavy (non-hydrogen) atoms. The van der Waals surface area contributed by atoms with Gasteiger partial charge in [-0.2, -0.15) is 0 Å². The molecule has 4 aromatic rings. The fraction of sp³-hybridized carbons (Fsp3) is 0.136. The summed E-state index contributed by atoms with van der Waals surface area (Å²) in [6.07, 6.45) is 3.48. The minimum absolute atomic E-state index is 0.0178. The third-order valence-electron chi connectivity index (χ3n) is 4.55. The first kappa shape index (κ1) is 18.6. The third kappa shape index (κ3) is 3.77. The van der Waals surface area contributed by atoms with Crippen LogP contribution in [0.4, 0.5) is 0 Å². The summed E-state index contributed by atoms with van der Waals surface area (Å²) in [4.78, 5) is 25.2. The number of carbonyl (C=O) groups is 1. The number of carbonyl (C=O) groups excluding carboxylic acids is 1. The molecule has 0 saturated carbocycles. The summed E-state index contributed by atoms with van der Waals surface area (Å²) in [7, 11) is 0. The van der Waals surface area contributed by atoms with Gasteiger partial charge in [0.15, 0.2) is 0 Å². The van der Waals surface area contributed by atoms with Crippen molar-refractivity contribution >= 4 is 39.7 Å². The zero-order chi connectivity index (χ0) is 19.5. The maximum Gasteiger partial charge on any atom is 0.254 e. The molecule has 4 nitrogen and oxygen atoms in total. The Balaban J connectivity index is 1.78. The van der Waals surface area contributed by atoms with Crippen LogP contribution in [0.2, 0.25) is 4.34 Å². The van der Waals surface area contributed by atoms with Gasteiger partial charge in [-0.05, 0) is 43.3 Å². The lowest BCUT2D eigenvalue weighted by atomic mass is 10.0. The minimum atomic E-state index is -0.0178. The van der Waals surface area contributed by atoms with E-state index in [1.54, 1.807) is 12.4 Å². The van der Waals surface area contributed by atoms with E-state index in [1.165, 1.54) is 11.3 Å². The number of aromatic nitrogens is 2. The van der Waals surface area contributed by atoms with Crippen molar-refractivity contribution in [2.75, 3.05) is 6.54 Å². The topological polar surface area (TPSA) is 46.1 Å². The number of halogens is 1. The van der Waals surface area contributed by atoms with Crippen LogP contribution in [0.1, 0.15) is 22.2 Å². The monoisotopic (exact) mass is 407 g/mol. The third-order valence-corrected chi connectivity index (χ3v) is 5.76. The maximum atomic E-state index is 13.4. The largest absolute Gasteiger partial charge is 0.334 e. The molecule has 4 rings (SSSR count). The number of para-hydroxylation sites is 1. The predicted molar refractivity (Wildman–Crippen MR) is 115 cm³/mol. The summed E-state index contributed by atoms with van der Waals surface area (Å²) < 4.78 is 0.728. The molecule has 0 N–H and O–H groups in total. The number of rotatable bonds is 5. The standard InChI is InChI=1S/C22H18ClN3OS/c1-2-26(14-16-9-10-21(23)28-16)22(27)18-12-20(15-6-5-11-24-13-15)25-19-8-4-3-7-17(18)19/h3-13H,2,14H2,1H3. The van der Waals surface area contributed by atoms with Crippen LogP contribution in [-0.4, -0.2) is 27.3 Å². The highest BCUT2D eigenvalue weighted by Crippen LogP contribution is 2.27. The molecular formula is C22H18ClN3OS. The van der Waals surface area contributed by atoms with Crippen molar-refractivity contribution in [3.05, 3.63) is 81.8 Å². The molecule has 0 unspecified atom stereocenters. The molecule has 0 saturated heterocycles.